The van der Waals surface area contributed by atoms with Crippen molar-refractivity contribution in [2.24, 2.45) is 5.10 Å². The zero-order valence-corrected chi connectivity index (χ0v) is 13.0. The molecular weight excluding hydrogens is 290 g/mol. The van der Waals surface area contributed by atoms with Gasteiger partial charge in [0.15, 0.2) is 0 Å². The van der Waals surface area contributed by atoms with Gasteiger partial charge in [-0.3, -0.25) is 9.59 Å². The number of hydrazone groups is 1. The molecule has 118 valence electrons. The van der Waals surface area contributed by atoms with Crippen LogP contribution < -0.4 is 10.7 Å². The lowest BCUT2D eigenvalue weighted by molar-refractivity contribution is -0.136. The molecule has 0 atom stereocenters. The molecule has 0 fully saturated rings. The molecule has 2 N–H and O–H groups in total. The van der Waals surface area contributed by atoms with Crippen LogP contribution in [0.15, 0.2) is 59.7 Å². The predicted molar refractivity (Wildman–Crippen MR) is 91.2 cm³/mol. The molecular formula is C18H19N3O2. The van der Waals surface area contributed by atoms with Crippen molar-refractivity contribution in [1.29, 1.82) is 0 Å². The third-order valence-electron chi connectivity index (χ3n) is 3.18. The van der Waals surface area contributed by atoms with Crippen LogP contribution in [0.4, 0.5) is 5.69 Å². The normalized spacial score (nSPS) is 10.5. The Hall–Kier alpha value is -2.95. The molecule has 0 unspecified atom stereocenters. The zero-order chi connectivity index (χ0) is 16.5. The number of benzene rings is 2. The molecule has 5 nitrogen and oxygen atoms in total. The van der Waals surface area contributed by atoms with Gasteiger partial charge >= 0.3 is 11.8 Å². The maximum atomic E-state index is 11.7. The molecule has 0 spiro atoms. The van der Waals surface area contributed by atoms with E-state index in [1.807, 2.05) is 49.4 Å². The number of carbonyl (C=O) groups is 2. The smallest absolute Gasteiger partial charge is 0.318 e. The summed E-state index contributed by atoms with van der Waals surface area (Å²) in [6.45, 7) is 1.95. The first-order chi connectivity index (χ1) is 11.1. The second kappa shape index (κ2) is 8.48. The lowest BCUT2D eigenvalue weighted by atomic mass is 10.1. The summed E-state index contributed by atoms with van der Waals surface area (Å²) < 4.78 is 0. The van der Waals surface area contributed by atoms with Crippen molar-refractivity contribution in [2.75, 3.05) is 5.32 Å². The number of nitrogens with one attached hydrogen (secondary N) is 2. The number of anilines is 1. The number of hydrogen-bond acceptors (Lipinski definition) is 3. The van der Waals surface area contributed by atoms with Gasteiger partial charge in [0.2, 0.25) is 0 Å². The Labute approximate surface area is 135 Å². The van der Waals surface area contributed by atoms with Crippen LogP contribution in [0.3, 0.4) is 0 Å². The van der Waals surface area contributed by atoms with Crippen LogP contribution in [0.5, 0.6) is 0 Å². The summed E-state index contributed by atoms with van der Waals surface area (Å²) in [6.07, 6.45) is 3.10. The van der Waals surface area contributed by atoms with Crippen molar-refractivity contribution in [3.8, 4) is 0 Å². The van der Waals surface area contributed by atoms with Gasteiger partial charge in [-0.2, -0.15) is 5.10 Å². The molecule has 2 amide bonds. The third kappa shape index (κ3) is 5.74. The number of nitrogens with zero attached hydrogens (tertiary/aromatic N) is 1. The first kappa shape index (κ1) is 16.4. The average Bonchev–Trinajstić information content (AvgIpc) is 2.57. The van der Waals surface area contributed by atoms with Gasteiger partial charge in [-0.15, -0.1) is 0 Å². The molecule has 0 aromatic heterocycles. The van der Waals surface area contributed by atoms with Crippen molar-refractivity contribution in [3.05, 3.63) is 65.7 Å². The molecule has 0 saturated heterocycles. The minimum Gasteiger partial charge on any atom is -0.318 e. The lowest BCUT2D eigenvalue weighted by Gasteiger charge is -2.04. The highest BCUT2D eigenvalue weighted by Gasteiger charge is 2.12. The van der Waals surface area contributed by atoms with E-state index in [2.05, 4.69) is 15.8 Å². The summed E-state index contributed by atoms with van der Waals surface area (Å²) in [4.78, 5) is 23.3. The van der Waals surface area contributed by atoms with Crippen LogP contribution in [-0.4, -0.2) is 18.0 Å². The minimum atomic E-state index is -0.790. The number of carbonyl (C=O) groups excluding carboxylic acids is 2. The van der Waals surface area contributed by atoms with Gasteiger partial charge in [0, 0.05) is 11.9 Å². The standard InChI is InChI=1S/C18H19N3O2/c1-14-9-11-16(12-10-14)20-17(22)18(23)21-19-13-5-8-15-6-3-2-4-7-15/h2-4,6-7,9-13H,5,8H2,1H3,(H,20,22)(H,21,23)/b19-13-. The van der Waals surface area contributed by atoms with E-state index in [0.29, 0.717) is 12.1 Å². The van der Waals surface area contributed by atoms with Crippen molar-refractivity contribution in [3.63, 3.8) is 0 Å². The second-order valence-electron chi connectivity index (χ2n) is 5.10. The molecule has 2 aromatic carbocycles. The predicted octanol–water partition coefficient (Wildman–Crippen LogP) is 2.67. The summed E-state index contributed by atoms with van der Waals surface area (Å²) in [6, 6.07) is 17.2. The van der Waals surface area contributed by atoms with E-state index in [1.165, 1.54) is 5.56 Å². The summed E-state index contributed by atoms with van der Waals surface area (Å²) in [5.74, 6) is -1.53. The van der Waals surface area contributed by atoms with Crippen LogP contribution in [0.1, 0.15) is 17.5 Å². The molecule has 2 aromatic rings. The van der Waals surface area contributed by atoms with Crippen LogP contribution in [0, 0.1) is 6.92 Å². The quantitative estimate of drug-likeness (QED) is 0.506. The van der Waals surface area contributed by atoms with Crippen molar-refractivity contribution >= 4 is 23.7 Å². The fourth-order valence-corrected chi connectivity index (χ4v) is 1.92. The molecule has 0 radical (unpaired) electrons. The summed E-state index contributed by atoms with van der Waals surface area (Å²) >= 11 is 0. The summed E-state index contributed by atoms with van der Waals surface area (Å²) in [5, 5.41) is 6.29. The van der Waals surface area contributed by atoms with Gasteiger partial charge in [-0.1, -0.05) is 48.0 Å². The zero-order valence-electron chi connectivity index (χ0n) is 13.0. The maximum Gasteiger partial charge on any atom is 0.329 e. The van der Waals surface area contributed by atoms with Gasteiger partial charge in [0.05, 0.1) is 0 Å². The summed E-state index contributed by atoms with van der Waals surface area (Å²) in [7, 11) is 0. The van der Waals surface area contributed by atoms with E-state index in [1.54, 1.807) is 18.3 Å². The highest BCUT2D eigenvalue weighted by atomic mass is 16.2. The monoisotopic (exact) mass is 309 g/mol. The SMILES string of the molecule is Cc1ccc(NC(=O)C(=O)N/N=C\CCc2ccccc2)cc1. The average molecular weight is 309 g/mol. The topological polar surface area (TPSA) is 70.6 Å². The molecule has 5 heteroatoms. The van der Waals surface area contributed by atoms with Gasteiger partial charge in [-0.05, 0) is 37.5 Å². The van der Waals surface area contributed by atoms with E-state index in [0.717, 1.165) is 12.0 Å². The molecule has 0 heterocycles. The van der Waals surface area contributed by atoms with E-state index >= 15 is 0 Å². The number of amides is 2. The summed E-state index contributed by atoms with van der Waals surface area (Å²) in [5.41, 5.74) is 5.07. The molecule has 0 saturated carbocycles. The third-order valence-corrected chi connectivity index (χ3v) is 3.18. The Bertz CT molecular complexity index is 679. The van der Waals surface area contributed by atoms with Crippen LogP contribution in [-0.2, 0) is 16.0 Å². The first-order valence-corrected chi connectivity index (χ1v) is 7.38. The Balaban J connectivity index is 1.72. The molecule has 0 aliphatic heterocycles. The number of rotatable bonds is 5. The molecule has 23 heavy (non-hydrogen) atoms. The van der Waals surface area contributed by atoms with Crippen LogP contribution >= 0.6 is 0 Å². The van der Waals surface area contributed by atoms with Crippen LogP contribution in [0.2, 0.25) is 0 Å². The fourth-order valence-electron chi connectivity index (χ4n) is 1.92. The Morgan fingerprint density at radius 3 is 2.39 bits per heavy atom. The molecule has 2 rings (SSSR count). The minimum absolute atomic E-state index is 0.573. The maximum absolute atomic E-state index is 11.7. The Kier molecular flexibility index (Phi) is 6.06. The fraction of sp³-hybridized carbons (Fsp3) is 0.167. The Morgan fingerprint density at radius 2 is 1.70 bits per heavy atom. The molecule has 0 bridgehead atoms. The van der Waals surface area contributed by atoms with E-state index in [9.17, 15) is 9.59 Å². The highest BCUT2D eigenvalue weighted by Crippen LogP contribution is 2.08. The highest BCUT2D eigenvalue weighted by molar-refractivity contribution is 6.39. The van der Waals surface area contributed by atoms with Crippen molar-refractivity contribution in [2.45, 2.75) is 19.8 Å². The van der Waals surface area contributed by atoms with Gasteiger partial charge in [0.25, 0.3) is 0 Å². The van der Waals surface area contributed by atoms with E-state index in [-0.39, 0.29) is 0 Å². The Morgan fingerprint density at radius 1 is 1.00 bits per heavy atom. The second-order valence-corrected chi connectivity index (χ2v) is 5.10. The van der Waals surface area contributed by atoms with E-state index < -0.39 is 11.8 Å². The van der Waals surface area contributed by atoms with Gasteiger partial charge < -0.3 is 5.32 Å². The van der Waals surface area contributed by atoms with Crippen LogP contribution in [0.25, 0.3) is 0 Å². The number of hydrogen-bond donors (Lipinski definition) is 2. The largest absolute Gasteiger partial charge is 0.329 e. The molecule has 0 aliphatic rings. The first-order valence-electron chi connectivity index (χ1n) is 7.38. The van der Waals surface area contributed by atoms with Gasteiger partial charge in [0.1, 0.15) is 0 Å². The van der Waals surface area contributed by atoms with E-state index in [4.69, 9.17) is 0 Å². The number of aryl methyl sites for hydroxylation is 2. The van der Waals surface area contributed by atoms with Crippen molar-refractivity contribution in [1.82, 2.24) is 5.43 Å². The lowest BCUT2D eigenvalue weighted by Crippen LogP contribution is -2.32. The molecule has 0 aliphatic carbocycles. The van der Waals surface area contributed by atoms with Crippen molar-refractivity contribution < 1.29 is 9.59 Å². The van der Waals surface area contributed by atoms with Gasteiger partial charge in [-0.25, -0.2) is 5.43 Å².